The van der Waals surface area contributed by atoms with Crippen LogP contribution in [0.1, 0.15) is 41.8 Å². The third kappa shape index (κ3) is 4.23. The zero-order valence-electron chi connectivity index (χ0n) is 14.1. The lowest BCUT2D eigenvalue weighted by atomic mass is 10.1. The van der Waals surface area contributed by atoms with Crippen molar-refractivity contribution in [3.63, 3.8) is 0 Å². The highest BCUT2D eigenvalue weighted by Gasteiger charge is 2.39. The summed E-state index contributed by atoms with van der Waals surface area (Å²) in [5.74, 6) is -0.809. The quantitative estimate of drug-likeness (QED) is 0.661. The highest BCUT2D eigenvalue weighted by Crippen LogP contribution is 2.35. The monoisotopic (exact) mass is 369 g/mol. The van der Waals surface area contributed by atoms with Crippen molar-refractivity contribution < 1.29 is 22.4 Å². The minimum Gasteiger partial charge on any atom is -0.350 e. The van der Waals surface area contributed by atoms with Gasteiger partial charge in [0.2, 0.25) is 5.91 Å². The van der Waals surface area contributed by atoms with E-state index in [1.165, 1.54) is 28.9 Å². The smallest absolute Gasteiger partial charge is 0.350 e. The van der Waals surface area contributed by atoms with E-state index in [2.05, 4.69) is 10.4 Å². The molecular weight excluding hydrogens is 350 g/mol. The molecule has 0 saturated carbocycles. The van der Waals surface area contributed by atoms with Crippen molar-refractivity contribution in [1.29, 1.82) is 0 Å². The third-order valence-corrected chi connectivity index (χ3v) is 4.47. The first-order chi connectivity index (χ1) is 12.3. The Morgan fingerprint density at radius 3 is 2.50 bits per heavy atom. The number of amides is 1. The normalized spacial score (nSPS) is 14.6. The molecule has 1 N–H and O–H groups in total. The van der Waals surface area contributed by atoms with E-state index in [1.54, 1.807) is 0 Å². The standard InChI is InChI=1S/C18H19F4N3O/c19-13-8-6-12(7-9-13)10-23-16(26)11-25-15-5-3-1-2-4-14(15)17(24-25)18(20,21)22/h6-9H,1-5,10-11H2,(H,23,26). The molecule has 0 saturated heterocycles. The average Bonchev–Trinajstić information content (AvgIpc) is 2.77. The molecule has 0 atom stereocenters. The van der Waals surface area contributed by atoms with Crippen LogP contribution in [0, 0.1) is 5.82 Å². The number of nitrogens with zero attached hydrogens (tertiary/aromatic N) is 2. The van der Waals surface area contributed by atoms with E-state index in [4.69, 9.17) is 0 Å². The summed E-state index contributed by atoms with van der Waals surface area (Å²) < 4.78 is 53.8. The summed E-state index contributed by atoms with van der Waals surface area (Å²) in [4.78, 5) is 12.2. The van der Waals surface area contributed by atoms with Gasteiger partial charge >= 0.3 is 6.18 Å². The molecule has 0 aliphatic heterocycles. The maximum atomic E-state index is 13.3. The van der Waals surface area contributed by atoms with Crippen molar-refractivity contribution >= 4 is 5.91 Å². The van der Waals surface area contributed by atoms with Crippen molar-refractivity contribution in [1.82, 2.24) is 15.1 Å². The van der Waals surface area contributed by atoms with Crippen molar-refractivity contribution in [3.05, 3.63) is 52.6 Å². The average molecular weight is 369 g/mol. The lowest BCUT2D eigenvalue weighted by Crippen LogP contribution is -2.28. The molecule has 0 bridgehead atoms. The van der Waals surface area contributed by atoms with Gasteiger partial charge in [-0.15, -0.1) is 0 Å². The van der Waals surface area contributed by atoms with Gasteiger partial charge in [0.05, 0.1) is 0 Å². The van der Waals surface area contributed by atoms with Gasteiger partial charge in [0.25, 0.3) is 0 Å². The van der Waals surface area contributed by atoms with E-state index >= 15 is 0 Å². The third-order valence-electron chi connectivity index (χ3n) is 4.47. The van der Waals surface area contributed by atoms with Gasteiger partial charge in [-0.2, -0.15) is 18.3 Å². The van der Waals surface area contributed by atoms with E-state index in [-0.39, 0.29) is 24.5 Å². The van der Waals surface area contributed by atoms with Crippen LogP contribution < -0.4 is 5.32 Å². The maximum Gasteiger partial charge on any atom is 0.435 e. The van der Waals surface area contributed by atoms with Crippen LogP contribution in [0.15, 0.2) is 24.3 Å². The van der Waals surface area contributed by atoms with Crippen LogP contribution in [0.3, 0.4) is 0 Å². The Morgan fingerprint density at radius 2 is 1.81 bits per heavy atom. The van der Waals surface area contributed by atoms with Crippen LogP contribution in [0.2, 0.25) is 0 Å². The lowest BCUT2D eigenvalue weighted by molar-refractivity contribution is -0.142. The number of carbonyl (C=O) groups excluding carboxylic acids is 1. The fourth-order valence-electron chi connectivity index (χ4n) is 3.20. The maximum absolute atomic E-state index is 13.3. The van der Waals surface area contributed by atoms with Crippen LogP contribution >= 0.6 is 0 Å². The number of carbonyl (C=O) groups is 1. The number of aromatic nitrogens is 2. The van der Waals surface area contributed by atoms with Crippen molar-refractivity contribution in [3.8, 4) is 0 Å². The summed E-state index contributed by atoms with van der Waals surface area (Å²) in [6.07, 6.45) is -1.36. The number of alkyl halides is 3. The number of rotatable bonds is 4. The van der Waals surface area contributed by atoms with E-state index in [9.17, 15) is 22.4 Å². The zero-order chi connectivity index (χ0) is 18.7. The van der Waals surface area contributed by atoms with Crippen molar-refractivity contribution in [2.75, 3.05) is 0 Å². The molecule has 3 rings (SSSR count). The lowest BCUT2D eigenvalue weighted by Gasteiger charge is -2.09. The second-order valence-corrected chi connectivity index (χ2v) is 6.39. The zero-order valence-corrected chi connectivity index (χ0v) is 14.1. The summed E-state index contributed by atoms with van der Waals surface area (Å²) in [7, 11) is 0. The fourth-order valence-corrected chi connectivity index (χ4v) is 3.20. The summed E-state index contributed by atoms with van der Waals surface area (Å²) in [5, 5.41) is 6.33. The molecule has 4 nitrogen and oxygen atoms in total. The first-order valence-electron chi connectivity index (χ1n) is 8.51. The highest BCUT2D eigenvalue weighted by molar-refractivity contribution is 5.75. The number of fused-ring (bicyclic) bond motifs is 1. The largest absolute Gasteiger partial charge is 0.435 e. The van der Waals surface area contributed by atoms with Gasteiger partial charge in [-0.3, -0.25) is 9.48 Å². The van der Waals surface area contributed by atoms with E-state index in [0.717, 1.165) is 12.8 Å². The number of hydrogen-bond donors (Lipinski definition) is 1. The van der Waals surface area contributed by atoms with Gasteiger partial charge in [-0.25, -0.2) is 4.39 Å². The van der Waals surface area contributed by atoms with E-state index in [0.29, 0.717) is 30.5 Å². The molecule has 1 aliphatic rings. The Balaban J connectivity index is 1.73. The Kier molecular flexibility index (Phi) is 5.29. The molecule has 140 valence electrons. The number of halogens is 4. The molecule has 26 heavy (non-hydrogen) atoms. The molecular formula is C18H19F4N3O. The molecule has 1 aliphatic carbocycles. The summed E-state index contributed by atoms with van der Waals surface area (Å²) in [5.41, 5.74) is 0.559. The number of hydrogen-bond acceptors (Lipinski definition) is 2. The van der Waals surface area contributed by atoms with Gasteiger partial charge in [0.1, 0.15) is 12.4 Å². The first-order valence-corrected chi connectivity index (χ1v) is 8.51. The molecule has 1 heterocycles. The molecule has 0 unspecified atom stereocenters. The van der Waals surface area contributed by atoms with Gasteiger partial charge < -0.3 is 5.32 Å². The highest BCUT2D eigenvalue weighted by atomic mass is 19.4. The van der Waals surface area contributed by atoms with Gasteiger partial charge in [0.15, 0.2) is 5.69 Å². The minimum atomic E-state index is -4.52. The van der Waals surface area contributed by atoms with Crippen molar-refractivity contribution in [2.24, 2.45) is 0 Å². The molecule has 0 radical (unpaired) electrons. The Hall–Kier alpha value is -2.38. The molecule has 2 aromatic rings. The van der Waals surface area contributed by atoms with Crippen LogP contribution in [0.25, 0.3) is 0 Å². The molecule has 8 heteroatoms. The predicted molar refractivity (Wildman–Crippen MR) is 86.7 cm³/mol. The molecule has 0 fully saturated rings. The van der Waals surface area contributed by atoms with E-state index < -0.39 is 17.8 Å². The number of nitrogens with one attached hydrogen (secondary N) is 1. The predicted octanol–water partition coefficient (Wildman–Crippen LogP) is 3.63. The molecule has 1 amide bonds. The second-order valence-electron chi connectivity index (χ2n) is 6.39. The van der Waals surface area contributed by atoms with Crippen LogP contribution in [-0.4, -0.2) is 15.7 Å². The topological polar surface area (TPSA) is 46.9 Å². The van der Waals surface area contributed by atoms with Gasteiger partial charge in [0, 0.05) is 17.8 Å². The van der Waals surface area contributed by atoms with Gasteiger partial charge in [-0.1, -0.05) is 18.6 Å². The number of benzene rings is 1. The SMILES string of the molecule is O=C(Cn1nc(C(F)(F)F)c2c1CCCCC2)NCc1ccc(F)cc1. The Morgan fingerprint density at radius 1 is 1.12 bits per heavy atom. The van der Waals surface area contributed by atoms with Crippen LogP contribution in [-0.2, 0) is 36.9 Å². The Bertz CT molecular complexity index is 781. The summed E-state index contributed by atoms with van der Waals surface area (Å²) in [6, 6.07) is 5.64. The van der Waals surface area contributed by atoms with Crippen LogP contribution in [0.5, 0.6) is 0 Å². The summed E-state index contributed by atoms with van der Waals surface area (Å²) in [6.45, 7) is -0.0890. The Labute approximate surface area is 148 Å². The second kappa shape index (κ2) is 7.47. The molecule has 1 aromatic heterocycles. The first kappa shape index (κ1) is 18.4. The van der Waals surface area contributed by atoms with Gasteiger partial charge in [-0.05, 0) is 43.4 Å². The van der Waals surface area contributed by atoms with Crippen LogP contribution in [0.4, 0.5) is 17.6 Å². The molecule has 1 aromatic carbocycles. The molecule has 0 spiro atoms. The minimum absolute atomic E-state index is 0.175. The van der Waals surface area contributed by atoms with E-state index in [1.807, 2.05) is 0 Å². The summed E-state index contributed by atoms with van der Waals surface area (Å²) >= 11 is 0. The fraction of sp³-hybridized carbons (Fsp3) is 0.444. The van der Waals surface area contributed by atoms with Crippen molar-refractivity contribution in [2.45, 2.75) is 51.4 Å².